The summed E-state index contributed by atoms with van der Waals surface area (Å²) in [6, 6.07) is 0.498. The lowest BCUT2D eigenvalue weighted by molar-refractivity contribution is 0.0479. The summed E-state index contributed by atoms with van der Waals surface area (Å²) in [4.78, 5) is 0. The van der Waals surface area contributed by atoms with Gasteiger partial charge in [-0.2, -0.15) is 0 Å². The Kier molecular flexibility index (Phi) is 4.35. The van der Waals surface area contributed by atoms with E-state index in [1.54, 1.807) is 0 Å². The van der Waals surface area contributed by atoms with Crippen LogP contribution in [0.5, 0.6) is 0 Å². The van der Waals surface area contributed by atoms with Crippen molar-refractivity contribution in [1.29, 1.82) is 0 Å². The van der Waals surface area contributed by atoms with Crippen LogP contribution in [-0.2, 0) is 4.74 Å². The van der Waals surface area contributed by atoms with Gasteiger partial charge in [0.1, 0.15) is 0 Å². The van der Waals surface area contributed by atoms with Gasteiger partial charge >= 0.3 is 0 Å². The second-order valence-electron chi connectivity index (χ2n) is 5.04. The molecule has 0 aliphatic carbocycles. The van der Waals surface area contributed by atoms with Gasteiger partial charge in [-0.15, -0.1) is 6.58 Å². The van der Waals surface area contributed by atoms with E-state index in [0.29, 0.717) is 30.1 Å². The van der Waals surface area contributed by atoms with Gasteiger partial charge in [0.25, 0.3) is 0 Å². The first-order valence-electron chi connectivity index (χ1n) is 5.94. The van der Waals surface area contributed by atoms with Crippen molar-refractivity contribution in [3.63, 3.8) is 0 Å². The molecule has 2 heteroatoms. The van der Waals surface area contributed by atoms with Gasteiger partial charge in [0.05, 0.1) is 12.2 Å². The molecule has 0 saturated carbocycles. The van der Waals surface area contributed by atoms with E-state index in [1.807, 2.05) is 7.05 Å². The maximum absolute atomic E-state index is 5.88. The van der Waals surface area contributed by atoms with Gasteiger partial charge in [-0.25, -0.2) is 0 Å². The molecule has 1 rings (SSSR count). The number of ether oxygens (including phenoxy) is 1. The highest BCUT2D eigenvalue weighted by atomic mass is 16.5. The summed E-state index contributed by atoms with van der Waals surface area (Å²) < 4.78 is 5.88. The maximum atomic E-state index is 5.88. The Morgan fingerprint density at radius 3 is 2.27 bits per heavy atom. The smallest absolute Gasteiger partial charge is 0.0597 e. The van der Waals surface area contributed by atoms with Gasteiger partial charge in [-0.1, -0.05) is 12.5 Å². The molecule has 0 aromatic heterocycles. The van der Waals surface area contributed by atoms with E-state index >= 15 is 0 Å². The highest BCUT2D eigenvalue weighted by Crippen LogP contribution is 2.35. The van der Waals surface area contributed by atoms with Gasteiger partial charge in [-0.3, -0.25) is 0 Å². The van der Waals surface area contributed by atoms with Gasteiger partial charge in [-0.05, 0) is 40.2 Å². The zero-order valence-electron chi connectivity index (χ0n) is 10.7. The summed E-state index contributed by atoms with van der Waals surface area (Å²) in [5.74, 6) is 1.22. The van der Waals surface area contributed by atoms with Crippen LogP contribution in [0.4, 0.5) is 0 Å². The van der Waals surface area contributed by atoms with Crippen molar-refractivity contribution in [1.82, 2.24) is 5.32 Å². The summed E-state index contributed by atoms with van der Waals surface area (Å²) in [6.07, 6.45) is 1.78. The molecule has 1 aliphatic heterocycles. The van der Waals surface area contributed by atoms with Crippen LogP contribution < -0.4 is 5.32 Å². The molecule has 1 heterocycles. The van der Waals surface area contributed by atoms with Crippen molar-refractivity contribution in [2.45, 2.75) is 52.4 Å². The van der Waals surface area contributed by atoms with Crippen LogP contribution >= 0.6 is 0 Å². The number of hydrogen-bond acceptors (Lipinski definition) is 2. The molecule has 5 atom stereocenters. The number of rotatable bonds is 4. The van der Waals surface area contributed by atoms with Crippen molar-refractivity contribution in [3.05, 3.63) is 12.2 Å². The standard InChI is InChI=1S/C13H25NO/c1-8(2)7-12(14-6)13-9(3)10(4)15-11(13)5/h9-14H,1,7H2,2-6H3. The minimum Gasteiger partial charge on any atom is -0.375 e. The molecule has 2 nitrogen and oxygen atoms in total. The highest BCUT2D eigenvalue weighted by Gasteiger charge is 2.40. The molecule has 0 bridgehead atoms. The van der Waals surface area contributed by atoms with Gasteiger partial charge in [0, 0.05) is 12.0 Å². The van der Waals surface area contributed by atoms with E-state index < -0.39 is 0 Å². The molecule has 88 valence electrons. The first kappa shape index (κ1) is 12.7. The molecule has 1 N–H and O–H groups in total. The minimum atomic E-state index is 0.354. The lowest BCUT2D eigenvalue weighted by Crippen LogP contribution is -2.40. The summed E-state index contributed by atoms with van der Waals surface area (Å²) in [5, 5.41) is 3.42. The zero-order chi connectivity index (χ0) is 11.6. The van der Waals surface area contributed by atoms with Gasteiger partial charge in [0.15, 0.2) is 0 Å². The fourth-order valence-electron chi connectivity index (χ4n) is 2.79. The molecular weight excluding hydrogens is 186 g/mol. The van der Waals surface area contributed by atoms with E-state index in [1.165, 1.54) is 5.57 Å². The molecule has 1 saturated heterocycles. The monoisotopic (exact) mass is 211 g/mol. The van der Waals surface area contributed by atoms with Crippen molar-refractivity contribution in [2.75, 3.05) is 7.05 Å². The topological polar surface area (TPSA) is 21.3 Å². The van der Waals surface area contributed by atoms with Crippen LogP contribution in [0.2, 0.25) is 0 Å². The Morgan fingerprint density at radius 1 is 1.33 bits per heavy atom. The van der Waals surface area contributed by atoms with Gasteiger partial charge in [0.2, 0.25) is 0 Å². The van der Waals surface area contributed by atoms with Crippen LogP contribution in [0, 0.1) is 11.8 Å². The Labute approximate surface area is 94.1 Å². The third-order valence-electron chi connectivity index (χ3n) is 3.72. The molecule has 15 heavy (non-hydrogen) atoms. The molecule has 0 radical (unpaired) electrons. The maximum Gasteiger partial charge on any atom is 0.0597 e. The third kappa shape index (κ3) is 2.82. The fraction of sp³-hybridized carbons (Fsp3) is 0.846. The van der Waals surface area contributed by atoms with Crippen LogP contribution in [0.1, 0.15) is 34.1 Å². The first-order valence-corrected chi connectivity index (χ1v) is 5.94. The quantitative estimate of drug-likeness (QED) is 0.722. The number of hydrogen-bond donors (Lipinski definition) is 1. The summed E-state index contributed by atoms with van der Waals surface area (Å²) >= 11 is 0. The molecule has 1 fully saturated rings. The van der Waals surface area contributed by atoms with Crippen LogP contribution in [0.3, 0.4) is 0 Å². The predicted molar refractivity (Wildman–Crippen MR) is 64.9 cm³/mol. The van der Waals surface area contributed by atoms with Crippen LogP contribution in [0.15, 0.2) is 12.2 Å². The molecule has 0 spiro atoms. The largest absolute Gasteiger partial charge is 0.375 e. The van der Waals surface area contributed by atoms with E-state index in [4.69, 9.17) is 4.74 Å². The minimum absolute atomic E-state index is 0.354. The molecule has 1 aliphatic rings. The average molecular weight is 211 g/mol. The summed E-state index contributed by atoms with van der Waals surface area (Å²) in [7, 11) is 2.04. The van der Waals surface area contributed by atoms with Crippen molar-refractivity contribution in [2.24, 2.45) is 11.8 Å². The second kappa shape index (κ2) is 5.13. The van der Waals surface area contributed by atoms with Crippen LogP contribution in [-0.4, -0.2) is 25.3 Å². The van der Waals surface area contributed by atoms with Crippen molar-refractivity contribution >= 4 is 0 Å². The van der Waals surface area contributed by atoms with E-state index in [0.717, 1.165) is 6.42 Å². The SMILES string of the molecule is C=C(C)CC(NC)C1C(C)OC(C)C1C. The van der Waals surface area contributed by atoms with E-state index in [9.17, 15) is 0 Å². The molecule has 0 aromatic carbocycles. The zero-order valence-corrected chi connectivity index (χ0v) is 10.7. The number of nitrogens with one attached hydrogen (secondary N) is 1. The predicted octanol–water partition coefficient (Wildman–Crippen LogP) is 2.60. The van der Waals surface area contributed by atoms with Crippen LogP contribution in [0.25, 0.3) is 0 Å². The Balaban J connectivity index is 2.70. The molecule has 0 amide bonds. The third-order valence-corrected chi connectivity index (χ3v) is 3.72. The molecule has 5 unspecified atom stereocenters. The second-order valence-corrected chi connectivity index (χ2v) is 5.04. The lowest BCUT2D eigenvalue weighted by Gasteiger charge is -2.28. The van der Waals surface area contributed by atoms with Crippen molar-refractivity contribution < 1.29 is 4.74 Å². The summed E-state index contributed by atoms with van der Waals surface area (Å²) in [5.41, 5.74) is 1.24. The van der Waals surface area contributed by atoms with Crippen molar-refractivity contribution in [3.8, 4) is 0 Å². The summed E-state index contributed by atoms with van der Waals surface area (Å²) in [6.45, 7) is 12.8. The average Bonchev–Trinajstić information content (AvgIpc) is 2.38. The Morgan fingerprint density at radius 2 is 1.93 bits per heavy atom. The first-order chi connectivity index (χ1) is 6.97. The lowest BCUT2D eigenvalue weighted by atomic mass is 9.81. The van der Waals surface area contributed by atoms with Gasteiger partial charge < -0.3 is 10.1 Å². The van der Waals surface area contributed by atoms with E-state index in [-0.39, 0.29) is 0 Å². The molecular formula is C13H25NO. The normalized spacial score (nSPS) is 37.9. The fourth-order valence-corrected chi connectivity index (χ4v) is 2.79. The highest BCUT2D eigenvalue weighted by molar-refractivity contribution is 4.99. The van der Waals surface area contributed by atoms with E-state index in [2.05, 4.69) is 39.6 Å². The Hall–Kier alpha value is -0.340. The molecule has 0 aromatic rings. The Bertz CT molecular complexity index is 227.